The molecule has 1 amide bonds. The van der Waals surface area contributed by atoms with Crippen LogP contribution in [0, 0.1) is 0 Å². The summed E-state index contributed by atoms with van der Waals surface area (Å²) in [6.45, 7) is 2.71. The van der Waals surface area contributed by atoms with Crippen LogP contribution in [0.3, 0.4) is 0 Å². The fraction of sp³-hybridized carbons (Fsp3) is 0.381. The van der Waals surface area contributed by atoms with Crippen molar-refractivity contribution in [2.75, 3.05) is 19.8 Å². The Morgan fingerprint density at radius 1 is 1.27 bits per heavy atom. The number of carbonyl (C=O) groups excluding carboxylic acids is 1. The highest BCUT2D eigenvalue weighted by molar-refractivity contribution is 7.89. The third-order valence-electron chi connectivity index (χ3n) is 4.75. The van der Waals surface area contributed by atoms with Crippen LogP contribution in [0.5, 0.6) is 5.75 Å². The number of hydrogen-bond acceptors (Lipinski definition) is 5. The van der Waals surface area contributed by atoms with E-state index in [1.54, 1.807) is 6.92 Å². The van der Waals surface area contributed by atoms with E-state index in [0.29, 0.717) is 6.54 Å². The van der Waals surface area contributed by atoms with E-state index in [9.17, 15) is 13.2 Å². The fourth-order valence-electron chi connectivity index (χ4n) is 3.10. The highest BCUT2D eigenvalue weighted by Gasteiger charge is 2.20. The molecule has 1 heterocycles. The third-order valence-corrected chi connectivity index (χ3v) is 6.59. The van der Waals surface area contributed by atoms with Gasteiger partial charge in [-0.15, -0.1) is 0 Å². The van der Waals surface area contributed by atoms with Crippen LogP contribution in [0.1, 0.15) is 31.4 Å². The Morgan fingerprint density at radius 3 is 2.70 bits per heavy atom. The Labute approximate surface area is 181 Å². The van der Waals surface area contributed by atoms with Gasteiger partial charge in [-0.2, -0.15) is 0 Å². The molecule has 0 aromatic heterocycles. The molecule has 2 aromatic carbocycles. The van der Waals surface area contributed by atoms with E-state index in [2.05, 4.69) is 10.0 Å². The SMILES string of the molecule is C[C@H](NS(=O)(=O)c1ccc(OCC(=O)NC[C@H]2CCCO2)c(Cl)c1)c1ccccc1. The van der Waals surface area contributed by atoms with E-state index in [-0.39, 0.29) is 34.3 Å². The van der Waals surface area contributed by atoms with E-state index >= 15 is 0 Å². The topological polar surface area (TPSA) is 93.7 Å². The van der Waals surface area contributed by atoms with Crippen LogP contribution in [0.4, 0.5) is 0 Å². The average molecular weight is 453 g/mol. The molecule has 0 saturated carbocycles. The standard InChI is InChI=1S/C21H25ClN2O5S/c1-15(16-6-3-2-4-7-16)24-30(26,27)18-9-10-20(19(22)12-18)29-14-21(25)23-13-17-8-5-11-28-17/h2-4,6-7,9-10,12,15,17,24H,5,8,11,13-14H2,1H3,(H,23,25)/t15-,17+/m0/s1. The second-order valence-corrected chi connectivity index (χ2v) is 9.19. The van der Waals surface area contributed by atoms with Gasteiger partial charge in [0, 0.05) is 19.2 Å². The molecule has 0 unspecified atom stereocenters. The number of ether oxygens (including phenoxy) is 2. The van der Waals surface area contributed by atoms with Crippen LogP contribution in [-0.2, 0) is 19.6 Å². The molecule has 30 heavy (non-hydrogen) atoms. The number of hydrogen-bond donors (Lipinski definition) is 2. The van der Waals surface area contributed by atoms with Gasteiger partial charge in [0.2, 0.25) is 10.0 Å². The lowest BCUT2D eigenvalue weighted by atomic mass is 10.1. The van der Waals surface area contributed by atoms with E-state index in [4.69, 9.17) is 21.1 Å². The van der Waals surface area contributed by atoms with Gasteiger partial charge in [-0.3, -0.25) is 4.79 Å². The van der Waals surface area contributed by atoms with E-state index in [1.807, 2.05) is 30.3 Å². The monoisotopic (exact) mass is 452 g/mol. The molecule has 1 saturated heterocycles. The smallest absolute Gasteiger partial charge is 0.258 e. The molecular weight excluding hydrogens is 428 g/mol. The lowest BCUT2D eigenvalue weighted by Crippen LogP contribution is -2.35. The van der Waals surface area contributed by atoms with Crippen LogP contribution < -0.4 is 14.8 Å². The van der Waals surface area contributed by atoms with Crippen molar-refractivity contribution in [3.8, 4) is 5.75 Å². The summed E-state index contributed by atoms with van der Waals surface area (Å²) in [4.78, 5) is 11.9. The molecule has 9 heteroatoms. The first-order valence-electron chi connectivity index (χ1n) is 9.73. The van der Waals surface area contributed by atoms with Crippen molar-refractivity contribution in [1.29, 1.82) is 0 Å². The number of rotatable bonds is 9. The molecule has 1 aliphatic rings. The van der Waals surface area contributed by atoms with Crippen LogP contribution in [0.2, 0.25) is 5.02 Å². The van der Waals surface area contributed by atoms with Gasteiger partial charge in [-0.1, -0.05) is 41.9 Å². The van der Waals surface area contributed by atoms with Crippen molar-refractivity contribution in [3.63, 3.8) is 0 Å². The van der Waals surface area contributed by atoms with Crippen LogP contribution in [-0.4, -0.2) is 40.2 Å². The molecule has 0 bridgehead atoms. The zero-order chi connectivity index (χ0) is 21.6. The summed E-state index contributed by atoms with van der Waals surface area (Å²) < 4.78 is 38.8. The lowest BCUT2D eigenvalue weighted by molar-refractivity contribution is -0.123. The summed E-state index contributed by atoms with van der Waals surface area (Å²) >= 11 is 6.18. The third kappa shape index (κ3) is 6.18. The molecule has 3 rings (SSSR count). The van der Waals surface area contributed by atoms with Gasteiger partial charge in [0.15, 0.2) is 6.61 Å². The summed E-state index contributed by atoms with van der Waals surface area (Å²) in [6, 6.07) is 13.0. The summed E-state index contributed by atoms with van der Waals surface area (Å²) in [6.07, 6.45) is 1.98. The minimum Gasteiger partial charge on any atom is -0.482 e. The van der Waals surface area contributed by atoms with Crippen LogP contribution >= 0.6 is 11.6 Å². The van der Waals surface area contributed by atoms with Gasteiger partial charge in [0.05, 0.1) is 16.0 Å². The molecule has 2 aromatic rings. The second-order valence-electron chi connectivity index (χ2n) is 7.07. The van der Waals surface area contributed by atoms with E-state index < -0.39 is 16.1 Å². The second kappa shape index (κ2) is 10.3. The minimum absolute atomic E-state index is 0.0189. The Morgan fingerprint density at radius 2 is 2.03 bits per heavy atom. The number of halogens is 1. The largest absolute Gasteiger partial charge is 0.482 e. The summed E-state index contributed by atoms with van der Waals surface area (Å²) in [5, 5.41) is 2.86. The Bertz CT molecular complexity index is 963. The highest BCUT2D eigenvalue weighted by Crippen LogP contribution is 2.28. The van der Waals surface area contributed by atoms with Crippen molar-refractivity contribution in [1.82, 2.24) is 10.0 Å². The molecule has 0 spiro atoms. The first-order chi connectivity index (χ1) is 14.3. The summed E-state index contributed by atoms with van der Waals surface area (Å²) in [7, 11) is -3.78. The molecular formula is C21H25ClN2O5S. The zero-order valence-electron chi connectivity index (χ0n) is 16.6. The van der Waals surface area contributed by atoms with Crippen LogP contribution in [0.15, 0.2) is 53.4 Å². The molecule has 162 valence electrons. The average Bonchev–Trinajstić information content (AvgIpc) is 3.25. The molecule has 7 nitrogen and oxygen atoms in total. The number of benzene rings is 2. The van der Waals surface area contributed by atoms with Crippen molar-refractivity contribution < 1.29 is 22.7 Å². The van der Waals surface area contributed by atoms with Gasteiger partial charge >= 0.3 is 0 Å². The lowest BCUT2D eigenvalue weighted by Gasteiger charge is -2.15. The predicted molar refractivity (Wildman–Crippen MR) is 114 cm³/mol. The maximum absolute atomic E-state index is 12.7. The molecule has 0 radical (unpaired) electrons. The Hall–Kier alpha value is -2.13. The Balaban J connectivity index is 1.56. The number of amides is 1. The van der Waals surface area contributed by atoms with Gasteiger partial charge in [-0.25, -0.2) is 13.1 Å². The predicted octanol–water partition coefficient (Wildman–Crippen LogP) is 3.05. The number of nitrogens with one attached hydrogen (secondary N) is 2. The van der Waals surface area contributed by atoms with Crippen molar-refractivity contribution in [2.24, 2.45) is 0 Å². The molecule has 2 N–H and O–H groups in total. The maximum atomic E-state index is 12.7. The fourth-order valence-corrected chi connectivity index (χ4v) is 4.66. The first-order valence-corrected chi connectivity index (χ1v) is 11.6. The van der Waals surface area contributed by atoms with Gasteiger partial charge in [0.1, 0.15) is 5.75 Å². The van der Waals surface area contributed by atoms with Crippen molar-refractivity contribution >= 4 is 27.5 Å². The van der Waals surface area contributed by atoms with E-state index in [1.165, 1.54) is 18.2 Å². The summed E-state index contributed by atoms with van der Waals surface area (Å²) in [5.41, 5.74) is 0.848. The number of sulfonamides is 1. The minimum atomic E-state index is -3.78. The van der Waals surface area contributed by atoms with E-state index in [0.717, 1.165) is 25.0 Å². The molecule has 1 fully saturated rings. The summed E-state index contributed by atoms with van der Waals surface area (Å²) in [5.74, 6) is -0.0596. The molecule has 2 atom stereocenters. The van der Waals surface area contributed by atoms with Crippen molar-refractivity contribution in [2.45, 2.75) is 36.8 Å². The first kappa shape index (κ1) is 22.6. The van der Waals surface area contributed by atoms with Gasteiger partial charge in [0.25, 0.3) is 5.91 Å². The quantitative estimate of drug-likeness (QED) is 0.609. The Kier molecular flexibility index (Phi) is 7.71. The normalized spacial score (nSPS) is 17.5. The molecule has 1 aliphatic heterocycles. The molecule has 0 aliphatic carbocycles. The van der Waals surface area contributed by atoms with Gasteiger partial charge < -0.3 is 14.8 Å². The zero-order valence-corrected chi connectivity index (χ0v) is 18.2. The van der Waals surface area contributed by atoms with Crippen molar-refractivity contribution in [3.05, 3.63) is 59.1 Å². The maximum Gasteiger partial charge on any atom is 0.258 e. The van der Waals surface area contributed by atoms with Gasteiger partial charge in [-0.05, 0) is 43.5 Å². The number of carbonyl (C=O) groups is 1. The highest BCUT2D eigenvalue weighted by atomic mass is 35.5. The van der Waals surface area contributed by atoms with Crippen LogP contribution in [0.25, 0.3) is 0 Å².